The SMILES string of the molecule is CCOC(=O)[C@H](C)C(=O)CNC(=O)OC(C)(C)C. The molecular formula is C12H21NO5. The maximum absolute atomic E-state index is 11.6. The third-order valence-corrected chi connectivity index (χ3v) is 1.93. The van der Waals surface area contributed by atoms with E-state index in [1.54, 1.807) is 27.7 Å². The van der Waals surface area contributed by atoms with Gasteiger partial charge < -0.3 is 14.8 Å². The third kappa shape index (κ3) is 6.88. The van der Waals surface area contributed by atoms with Gasteiger partial charge in [0, 0.05) is 0 Å². The first kappa shape index (κ1) is 16.4. The van der Waals surface area contributed by atoms with E-state index in [9.17, 15) is 14.4 Å². The molecule has 0 aromatic carbocycles. The highest BCUT2D eigenvalue weighted by molar-refractivity contribution is 6.00. The van der Waals surface area contributed by atoms with Gasteiger partial charge in [-0.15, -0.1) is 0 Å². The number of alkyl carbamates (subject to hydrolysis) is 1. The Hall–Kier alpha value is -1.59. The number of hydrogen-bond acceptors (Lipinski definition) is 5. The normalized spacial score (nSPS) is 12.5. The quantitative estimate of drug-likeness (QED) is 0.594. The largest absolute Gasteiger partial charge is 0.465 e. The van der Waals surface area contributed by atoms with Gasteiger partial charge in [0.25, 0.3) is 0 Å². The van der Waals surface area contributed by atoms with E-state index in [4.69, 9.17) is 9.47 Å². The number of hydrogen-bond donors (Lipinski definition) is 1. The molecular weight excluding hydrogens is 238 g/mol. The fraction of sp³-hybridized carbons (Fsp3) is 0.750. The minimum absolute atomic E-state index is 0.218. The molecule has 0 saturated heterocycles. The van der Waals surface area contributed by atoms with Gasteiger partial charge in [-0.3, -0.25) is 9.59 Å². The number of carbonyl (C=O) groups is 3. The summed E-state index contributed by atoms with van der Waals surface area (Å²) in [5.74, 6) is -1.90. The molecule has 0 aliphatic carbocycles. The Morgan fingerprint density at radius 2 is 1.78 bits per heavy atom. The molecule has 0 radical (unpaired) electrons. The van der Waals surface area contributed by atoms with Crippen LogP contribution in [0.25, 0.3) is 0 Å². The van der Waals surface area contributed by atoms with Crippen molar-refractivity contribution in [3.63, 3.8) is 0 Å². The van der Waals surface area contributed by atoms with Gasteiger partial charge in [-0.25, -0.2) is 4.79 Å². The summed E-state index contributed by atoms with van der Waals surface area (Å²) in [4.78, 5) is 34.1. The van der Waals surface area contributed by atoms with Gasteiger partial charge in [-0.05, 0) is 34.6 Å². The first-order chi connectivity index (χ1) is 8.17. The summed E-state index contributed by atoms with van der Waals surface area (Å²) >= 11 is 0. The van der Waals surface area contributed by atoms with Crippen molar-refractivity contribution in [3.05, 3.63) is 0 Å². The number of esters is 1. The van der Waals surface area contributed by atoms with Crippen molar-refractivity contribution in [2.24, 2.45) is 5.92 Å². The fourth-order valence-electron chi connectivity index (χ4n) is 1.03. The molecule has 0 aliphatic rings. The molecule has 0 rings (SSSR count). The molecule has 1 N–H and O–H groups in total. The summed E-state index contributed by atoms with van der Waals surface area (Å²) in [7, 11) is 0. The predicted molar refractivity (Wildman–Crippen MR) is 65.0 cm³/mol. The van der Waals surface area contributed by atoms with Crippen LogP contribution in [0.5, 0.6) is 0 Å². The zero-order chi connectivity index (χ0) is 14.3. The number of ether oxygens (including phenoxy) is 2. The average Bonchev–Trinajstić information content (AvgIpc) is 2.22. The molecule has 0 aromatic rings. The molecule has 1 atom stereocenters. The van der Waals surface area contributed by atoms with E-state index in [1.165, 1.54) is 6.92 Å². The van der Waals surface area contributed by atoms with Crippen molar-refractivity contribution >= 4 is 17.8 Å². The standard InChI is InChI=1S/C12H21NO5/c1-6-17-10(15)8(2)9(14)7-13-11(16)18-12(3,4)5/h8H,6-7H2,1-5H3,(H,13,16)/t8-/m1/s1. The maximum atomic E-state index is 11.6. The number of carbonyl (C=O) groups excluding carboxylic acids is 3. The third-order valence-electron chi connectivity index (χ3n) is 1.93. The fourth-order valence-corrected chi connectivity index (χ4v) is 1.03. The number of rotatable bonds is 5. The zero-order valence-corrected chi connectivity index (χ0v) is 11.5. The number of ketones is 1. The van der Waals surface area contributed by atoms with E-state index in [1.807, 2.05) is 0 Å². The first-order valence-electron chi connectivity index (χ1n) is 5.83. The lowest BCUT2D eigenvalue weighted by Crippen LogP contribution is -2.38. The van der Waals surface area contributed by atoms with Crippen molar-refractivity contribution in [2.45, 2.75) is 40.2 Å². The summed E-state index contributed by atoms with van der Waals surface area (Å²) in [5.41, 5.74) is -0.625. The molecule has 0 fully saturated rings. The minimum atomic E-state index is -0.889. The Bertz CT molecular complexity index is 319. The Morgan fingerprint density at radius 3 is 2.22 bits per heavy atom. The highest BCUT2D eigenvalue weighted by Gasteiger charge is 2.23. The summed E-state index contributed by atoms with van der Waals surface area (Å²) in [5, 5.41) is 2.30. The lowest BCUT2D eigenvalue weighted by molar-refractivity contribution is -0.150. The van der Waals surface area contributed by atoms with E-state index >= 15 is 0 Å². The summed E-state index contributed by atoms with van der Waals surface area (Å²) in [6.45, 7) is 8.22. The number of amides is 1. The number of Topliss-reactive ketones (excluding diaryl/α,β-unsaturated/α-hetero) is 1. The lowest BCUT2D eigenvalue weighted by Gasteiger charge is -2.19. The van der Waals surface area contributed by atoms with Crippen molar-refractivity contribution in [1.29, 1.82) is 0 Å². The zero-order valence-electron chi connectivity index (χ0n) is 11.5. The van der Waals surface area contributed by atoms with Crippen LogP contribution in [0.3, 0.4) is 0 Å². The smallest absolute Gasteiger partial charge is 0.408 e. The Balaban J connectivity index is 4.11. The molecule has 0 unspecified atom stereocenters. The predicted octanol–water partition coefficient (Wildman–Crippen LogP) is 1.28. The van der Waals surface area contributed by atoms with Crippen LogP contribution in [0.2, 0.25) is 0 Å². The van der Waals surface area contributed by atoms with Crippen LogP contribution in [0.1, 0.15) is 34.6 Å². The summed E-state index contributed by atoms with van der Waals surface area (Å²) in [6, 6.07) is 0. The molecule has 6 nitrogen and oxygen atoms in total. The molecule has 0 aromatic heterocycles. The summed E-state index contributed by atoms with van der Waals surface area (Å²) < 4.78 is 9.67. The molecule has 104 valence electrons. The van der Waals surface area contributed by atoms with Gasteiger partial charge in [-0.2, -0.15) is 0 Å². The van der Waals surface area contributed by atoms with Crippen LogP contribution in [-0.2, 0) is 19.1 Å². The lowest BCUT2D eigenvalue weighted by atomic mass is 10.1. The van der Waals surface area contributed by atoms with Gasteiger partial charge in [0.1, 0.15) is 11.5 Å². The summed E-state index contributed by atoms with van der Waals surface area (Å²) in [6.07, 6.45) is -0.688. The second kappa shape index (κ2) is 6.98. The van der Waals surface area contributed by atoms with Gasteiger partial charge in [-0.1, -0.05) is 0 Å². The van der Waals surface area contributed by atoms with Crippen LogP contribution in [0.15, 0.2) is 0 Å². The van der Waals surface area contributed by atoms with Crippen LogP contribution >= 0.6 is 0 Å². The van der Waals surface area contributed by atoms with E-state index in [2.05, 4.69) is 5.32 Å². The van der Waals surface area contributed by atoms with E-state index < -0.39 is 29.4 Å². The maximum Gasteiger partial charge on any atom is 0.408 e. The van der Waals surface area contributed by atoms with Crippen LogP contribution in [-0.4, -0.2) is 36.6 Å². The van der Waals surface area contributed by atoms with Crippen LogP contribution in [0, 0.1) is 5.92 Å². The van der Waals surface area contributed by atoms with Crippen molar-refractivity contribution in [1.82, 2.24) is 5.32 Å². The highest BCUT2D eigenvalue weighted by atomic mass is 16.6. The average molecular weight is 259 g/mol. The Labute approximate surface area is 107 Å². The second-order valence-corrected chi connectivity index (χ2v) is 4.80. The molecule has 0 saturated carbocycles. The first-order valence-corrected chi connectivity index (χ1v) is 5.83. The number of nitrogens with one attached hydrogen (secondary N) is 1. The molecule has 1 amide bonds. The van der Waals surface area contributed by atoms with Gasteiger partial charge in [0.05, 0.1) is 13.2 Å². The molecule has 0 spiro atoms. The molecule has 0 aliphatic heterocycles. The van der Waals surface area contributed by atoms with Crippen molar-refractivity contribution in [2.75, 3.05) is 13.2 Å². The molecule has 18 heavy (non-hydrogen) atoms. The van der Waals surface area contributed by atoms with E-state index in [-0.39, 0.29) is 13.2 Å². The van der Waals surface area contributed by atoms with Gasteiger partial charge in [0.2, 0.25) is 0 Å². The Morgan fingerprint density at radius 1 is 1.22 bits per heavy atom. The second-order valence-electron chi connectivity index (χ2n) is 4.80. The topological polar surface area (TPSA) is 81.7 Å². The van der Waals surface area contributed by atoms with Crippen LogP contribution in [0.4, 0.5) is 4.79 Å². The minimum Gasteiger partial charge on any atom is -0.465 e. The van der Waals surface area contributed by atoms with Crippen molar-refractivity contribution in [3.8, 4) is 0 Å². The van der Waals surface area contributed by atoms with Gasteiger partial charge in [0.15, 0.2) is 5.78 Å². The molecule has 6 heteroatoms. The Kier molecular flexibility index (Phi) is 6.36. The van der Waals surface area contributed by atoms with E-state index in [0.717, 1.165) is 0 Å². The van der Waals surface area contributed by atoms with E-state index in [0.29, 0.717) is 0 Å². The molecule has 0 bridgehead atoms. The molecule has 0 heterocycles. The highest BCUT2D eigenvalue weighted by Crippen LogP contribution is 2.06. The monoisotopic (exact) mass is 259 g/mol. The van der Waals surface area contributed by atoms with Crippen molar-refractivity contribution < 1.29 is 23.9 Å². The van der Waals surface area contributed by atoms with Crippen LogP contribution < -0.4 is 5.32 Å². The van der Waals surface area contributed by atoms with Gasteiger partial charge >= 0.3 is 12.1 Å².